The number of furan rings is 1. The van der Waals surface area contributed by atoms with E-state index in [4.69, 9.17) is 4.42 Å². The van der Waals surface area contributed by atoms with E-state index in [-0.39, 0.29) is 5.41 Å². The second kappa shape index (κ2) is 9.96. The molecule has 2 aromatic heterocycles. The number of allylic oxidation sites excluding steroid dienone is 5. The summed E-state index contributed by atoms with van der Waals surface area (Å²) in [5.74, 6) is 0. The van der Waals surface area contributed by atoms with Crippen LogP contribution < -0.4 is 0 Å². The average molecular weight is 592 g/mol. The lowest BCUT2D eigenvalue weighted by atomic mass is 9.80. The number of para-hydroxylation sites is 1. The summed E-state index contributed by atoms with van der Waals surface area (Å²) in [5, 5.41) is 23.8. The van der Waals surface area contributed by atoms with Gasteiger partial charge in [-0.15, -0.1) is 0 Å². The SMILES string of the molecule is C=C/C=C\C1=C(C)c2ccc3c(oc4ccc(-c5ccc(C#N)cc5-n5c6ccccc6c6cc(C#N)ccc65)cc43)c2C1(C)C. The average Bonchev–Trinajstić information content (AvgIpc) is 3.68. The minimum atomic E-state index is -0.225. The monoisotopic (exact) mass is 591 g/mol. The summed E-state index contributed by atoms with van der Waals surface area (Å²) < 4.78 is 8.86. The van der Waals surface area contributed by atoms with Crippen LogP contribution in [-0.2, 0) is 5.41 Å². The van der Waals surface area contributed by atoms with Crippen molar-refractivity contribution in [2.45, 2.75) is 26.2 Å². The van der Waals surface area contributed by atoms with E-state index in [1.165, 1.54) is 22.3 Å². The van der Waals surface area contributed by atoms with Crippen LogP contribution in [0, 0.1) is 22.7 Å². The molecule has 5 aromatic carbocycles. The number of nitrogens with zero attached hydrogens (tertiary/aromatic N) is 3. The van der Waals surface area contributed by atoms with Gasteiger partial charge < -0.3 is 8.98 Å². The third kappa shape index (κ3) is 3.78. The van der Waals surface area contributed by atoms with Crippen molar-refractivity contribution in [2.75, 3.05) is 0 Å². The van der Waals surface area contributed by atoms with Crippen LogP contribution >= 0.6 is 0 Å². The maximum absolute atomic E-state index is 9.93. The predicted molar refractivity (Wildman–Crippen MR) is 188 cm³/mol. The lowest BCUT2D eigenvalue weighted by molar-refractivity contribution is 0.616. The van der Waals surface area contributed by atoms with Crippen molar-refractivity contribution >= 4 is 49.3 Å². The molecule has 46 heavy (non-hydrogen) atoms. The third-order valence-corrected chi connectivity index (χ3v) is 9.63. The maximum Gasteiger partial charge on any atom is 0.140 e. The normalized spacial score (nSPS) is 14.0. The van der Waals surface area contributed by atoms with E-state index in [9.17, 15) is 10.5 Å². The smallest absolute Gasteiger partial charge is 0.140 e. The van der Waals surface area contributed by atoms with Crippen LogP contribution in [0.2, 0.25) is 0 Å². The summed E-state index contributed by atoms with van der Waals surface area (Å²) in [6.45, 7) is 10.6. The minimum Gasteiger partial charge on any atom is -0.456 e. The van der Waals surface area contributed by atoms with E-state index in [0.717, 1.165) is 60.6 Å². The van der Waals surface area contributed by atoms with Crippen LogP contribution in [0.5, 0.6) is 0 Å². The molecule has 1 aliphatic carbocycles. The van der Waals surface area contributed by atoms with Crippen molar-refractivity contribution in [1.29, 1.82) is 10.5 Å². The number of rotatable bonds is 4. The molecular formula is C42H29N3O. The highest BCUT2D eigenvalue weighted by Gasteiger charge is 2.38. The van der Waals surface area contributed by atoms with Gasteiger partial charge in [0.15, 0.2) is 0 Å². The largest absolute Gasteiger partial charge is 0.456 e. The Kier molecular flexibility index (Phi) is 5.94. The van der Waals surface area contributed by atoms with Crippen LogP contribution in [0.4, 0.5) is 0 Å². The zero-order valence-corrected chi connectivity index (χ0v) is 25.8. The zero-order chi connectivity index (χ0) is 31.7. The summed E-state index contributed by atoms with van der Waals surface area (Å²) in [6.07, 6.45) is 5.98. The highest BCUT2D eigenvalue weighted by molar-refractivity contribution is 6.12. The summed E-state index contributed by atoms with van der Waals surface area (Å²) >= 11 is 0. The van der Waals surface area contributed by atoms with E-state index >= 15 is 0 Å². The molecule has 0 unspecified atom stereocenters. The summed E-state index contributed by atoms with van der Waals surface area (Å²) in [6, 6.07) is 35.3. The Labute approximate surface area is 267 Å². The number of nitriles is 2. The van der Waals surface area contributed by atoms with Crippen LogP contribution in [0.1, 0.15) is 43.0 Å². The summed E-state index contributed by atoms with van der Waals surface area (Å²) in [4.78, 5) is 0. The summed E-state index contributed by atoms with van der Waals surface area (Å²) in [7, 11) is 0. The van der Waals surface area contributed by atoms with E-state index in [1.807, 2.05) is 60.7 Å². The number of hydrogen-bond donors (Lipinski definition) is 0. The molecule has 4 nitrogen and oxygen atoms in total. The van der Waals surface area contributed by atoms with Gasteiger partial charge >= 0.3 is 0 Å². The van der Waals surface area contributed by atoms with E-state index in [2.05, 4.69) is 92.6 Å². The van der Waals surface area contributed by atoms with Crippen molar-refractivity contribution in [3.8, 4) is 29.0 Å². The van der Waals surface area contributed by atoms with Gasteiger partial charge in [-0.2, -0.15) is 10.5 Å². The first-order valence-corrected chi connectivity index (χ1v) is 15.3. The molecule has 0 spiro atoms. The van der Waals surface area contributed by atoms with Crippen LogP contribution in [0.25, 0.3) is 66.1 Å². The zero-order valence-electron chi connectivity index (χ0n) is 25.8. The first-order valence-electron chi connectivity index (χ1n) is 15.3. The molecule has 0 saturated heterocycles. The van der Waals surface area contributed by atoms with Gasteiger partial charge in [-0.3, -0.25) is 0 Å². The number of fused-ring (bicyclic) bond motifs is 8. The van der Waals surface area contributed by atoms with Crippen molar-refractivity contribution in [1.82, 2.24) is 4.57 Å². The van der Waals surface area contributed by atoms with Gasteiger partial charge in [0.2, 0.25) is 0 Å². The molecular weight excluding hydrogens is 562 g/mol. The van der Waals surface area contributed by atoms with E-state index in [1.54, 1.807) is 0 Å². The fourth-order valence-corrected chi connectivity index (χ4v) is 7.52. The van der Waals surface area contributed by atoms with E-state index in [0.29, 0.717) is 11.1 Å². The standard InChI is InChI=1S/C42H29N3O/c1-5-6-10-35-25(2)29-16-17-32-34-22-28(14-19-39(34)46-41(32)40(29)42(35,3)4)30-15-12-27(24-44)21-38(30)45-36-11-8-7-9-31(36)33-20-26(23-43)13-18-37(33)45/h5-22H,1H2,2-4H3/b10-6-. The molecule has 0 saturated carbocycles. The number of hydrogen-bond acceptors (Lipinski definition) is 3. The lowest BCUT2D eigenvalue weighted by Crippen LogP contribution is -2.16. The van der Waals surface area contributed by atoms with Gasteiger partial charge in [0.05, 0.1) is 40.0 Å². The molecule has 0 radical (unpaired) electrons. The quantitative estimate of drug-likeness (QED) is 0.191. The van der Waals surface area contributed by atoms with Crippen molar-refractivity contribution in [3.63, 3.8) is 0 Å². The predicted octanol–water partition coefficient (Wildman–Crippen LogP) is 10.9. The van der Waals surface area contributed by atoms with Crippen molar-refractivity contribution in [2.24, 2.45) is 0 Å². The van der Waals surface area contributed by atoms with Crippen molar-refractivity contribution < 1.29 is 4.42 Å². The molecule has 0 N–H and O–H groups in total. The van der Waals surface area contributed by atoms with Gasteiger partial charge in [0.1, 0.15) is 11.2 Å². The van der Waals surface area contributed by atoms with Gasteiger partial charge in [-0.1, -0.05) is 75.1 Å². The van der Waals surface area contributed by atoms with Gasteiger partial charge in [-0.25, -0.2) is 0 Å². The Morgan fingerprint density at radius 3 is 2.30 bits per heavy atom. The topological polar surface area (TPSA) is 65.7 Å². The molecule has 0 aliphatic heterocycles. The van der Waals surface area contributed by atoms with Crippen LogP contribution in [0.3, 0.4) is 0 Å². The Morgan fingerprint density at radius 2 is 1.50 bits per heavy atom. The Bertz CT molecular complexity index is 2610. The second-order valence-electron chi connectivity index (χ2n) is 12.5. The molecule has 0 amide bonds. The minimum absolute atomic E-state index is 0.225. The number of aromatic nitrogens is 1. The molecule has 0 fully saturated rings. The second-order valence-corrected chi connectivity index (χ2v) is 12.5. The molecule has 8 rings (SSSR count). The molecule has 7 aromatic rings. The first kappa shape index (κ1) is 27.4. The molecule has 218 valence electrons. The Hall–Kier alpha value is -6.10. The molecule has 4 heteroatoms. The number of benzene rings is 5. The molecule has 1 aliphatic rings. The van der Waals surface area contributed by atoms with Crippen LogP contribution in [0.15, 0.2) is 126 Å². The van der Waals surface area contributed by atoms with Gasteiger partial charge in [-0.05, 0) is 83.8 Å². The highest BCUT2D eigenvalue weighted by Crippen LogP contribution is 2.51. The van der Waals surface area contributed by atoms with Gasteiger partial charge in [0, 0.05) is 38.1 Å². The maximum atomic E-state index is 9.93. The molecule has 0 atom stereocenters. The van der Waals surface area contributed by atoms with Crippen molar-refractivity contribution in [3.05, 3.63) is 144 Å². The highest BCUT2D eigenvalue weighted by atomic mass is 16.3. The third-order valence-electron chi connectivity index (χ3n) is 9.63. The lowest BCUT2D eigenvalue weighted by Gasteiger charge is -2.23. The molecule has 2 heterocycles. The fourth-order valence-electron chi connectivity index (χ4n) is 7.52. The van der Waals surface area contributed by atoms with E-state index < -0.39 is 0 Å². The Morgan fingerprint density at radius 1 is 0.761 bits per heavy atom. The fraction of sp³-hybridized carbons (Fsp3) is 0.0952. The molecule has 0 bridgehead atoms. The summed E-state index contributed by atoms with van der Waals surface area (Å²) in [5.41, 5.74) is 12.6. The Balaban J connectivity index is 1.37. The van der Waals surface area contributed by atoms with Gasteiger partial charge in [0.25, 0.3) is 0 Å². The van der Waals surface area contributed by atoms with Crippen LogP contribution in [-0.4, -0.2) is 4.57 Å². The first-order chi connectivity index (χ1) is 22.3.